The van der Waals surface area contributed by atoms with E-state index in [0.717, 1.165) is 50.0 Å². The first-order valence-corrected chi connectivity index (χ1v) is 9.44. The third-order valence-electron chi connectivity index (χ3n) is 5.21. The molecular weight excluding hydrogens is 302 g/mol. The Labute approximate surface area is 144 Å². The predicted molar refractivity (Wildman–Crippen MR) is 95.4 cm³/mol. The normalized spacial score (nSPS) is 20.7. The van der Waals surface area contributed by atoms with Crippen molar-refractivity contribution >= 4 is 11.6 Å². The molecule has 2 fully saturated rings. The van der Waals surface area contributed by atoms with Gasteiger partial charge in [-0.3, -0.25) is 4.79 Å². The largest absolute Gasteiger partial charge is 0.490 e. The summed E-state index contributed by atoms with van der Waals surface area (Å²) in [4.78, 5) is 12.8. The monoisotopic (exact) mass is 331 g/mol. The van der Waals surface area contributed by atoms with Gasteiger partial charge in [0.1, 0.15) is 11.4 Å². The lowest BCUT2D eigenvalue weighted by Crippen LogP contribution is -2.47. The van der Waals surface area contributed by atoms with Crippen LogP contribution in [0.3, 0.4) is 0 Å². The van der Waals surface area contributed by atoms with Gasteiger partial charge < -0.3 is 14.8 Å². The zero-order valence-electron chi connectivity index (χ0n) is 14.7. The number of amides is 1. The molecule has 0 aromatic heterocycles. The van der Waals surface area contributed by atoms with Crippen LogP contribution in [0.4, 0.5) is 5.69 Å². The highest BCUT2D eigenvalue weighted by Crippen LogP contribution is 2.33. The van der Waals surface area contributed by atoms with Crippen LogP contribution < -0.4 is 10.1 Å². The summed E-state index contributed by atoms with van der Waals surface area (Å²) in [5, 5.41) is 3.04. The maximum Gasteiger partial charge on any atom is 0.256 e. The van der Waals surface area contributed by atoms with Crippen molar-refractivity contribution in [2.75, 3.05) is 11.9 Å². The minimum Gasteiger partial charge on any atom is -0.490 e. The average molecular weight is 331 g/mol. The van der Waals surface area contributed by atoms with Crippen LogP contribution >= 0.6 is 0 Å². The maximum atomic E-state index is 12.8. The van der Waals surface area contributed by atoms with E-state index in [9.17, 15) is 4.79 Å². The molecule has 1 N–H and O–H groups in total. The van der Waals surface area contributed by atoms with Crippen molar-refractivity contribution < 1.29 is 14.3 Å². The summed E-state index contributed by atoms with van der Waals surface area (Å²) in [5.41, 5.74) is 0.162. The summed E-state index contributed by atoms with van der Waals surface area (Å²) in [6.45, 7) is 2.53. The van der Waals surface area contributed by atoms with E-state index < -0.39 is 5.60 Å². The summed E-state index contributed by atoms with van der Waals surface area (Å²) in [7, 11) is 0. The SMILES string of the molecule is CCOC1(C(=O)Nc2ccc(OC3CCCC3)cc2)CCCCC1. The Morgan fingerprint density at radius 1 is 1.08 bits per heavy atom. The number of rotatable bonds is 6. The van der Waals surface area contributed by atoms with Crippen LogP contribution in [0.2, 0.25) is 0 Å². The zero-order chi connectivity index (χ0) is 16.8. The smallest absolute Gasteiger partial charge is 0.256 e. The summed E-state index contributed by atoms with van der Waals surface area (Å²) in [6.07, 6.45) is 10.1. The maximum absolute atomic E-state index is 12.8. The van der Waals surface area contributed by atoms with Gasteiger partial charge in [0.25, 0.3) is 5.91 Å². The van der Waals surface area contributed by atoms with Crippen molar-refractivity contribution in [1.29, 1.82) is 0 Å². The van der Waals surface area contributed by atoms with E-state index in [1.807, 2.05) is 31.2 Å². The fraction of sp³-hybridized carbons (Fsp3) is 0.650. The summed E-state index contributed by atoms with van der Waals surface area (Å²) in [6, 6.07) is 7.74. The van der Waals surface area contributed by atoms with Gasteiger partial charge in [-0.2, -0.15) is 0 Å². The van der Waals surface area contributed by atoms with Crippen LogP contribution in [-0.4, -0.2) is 24.2 Å². The quantitative estimate of drug-likeness (QED) is 0.823. The van der Waals surface area contributed by atoms with Crippen LogP contribution in [-0.2, 0) is 9.53 Å². The van der Waals surface area contributed by atoms with Crippen LogP contribution in [0.1, 0.15) is 64.7 Å². The molecule has 4 nitrogen and oxygen atoms in total. The van der Waals surface area contributed by atoms with Gasteiger partial charge >= 0.3 is 0 Å². The van der Waals surface area contributed by atoms with Crippen LogP contribution in [0.25, 0.3) is 0 Å². The molecule has 0 atom stereocenters. The van der Waals surface area contributed by atoms with Gasteiger partial charge in [0.2, 0.25) is 0 Å². The van der Waals surface area contributed by atoms with Crippen molar-refractivity contribution in [3.63, 3.8) is 0 Å². The number of carbonyl (C=O) groups excluding carboxylic acids is 1. The fourth-order valence-corrected chi connectivity index (χ4v) is 3.90. The Morgan fingerprint density at radius 2 is 1.75 bits per heavy atom. The number of hydrogen-bond donors (Lipinski definition) is 1. The molecule has 3 rings (SSSR count). The van der Waals surface area contributed by atoms with Crippen molar-refractivity contribution in [2.24, 2.45) is 0 Å². The molecule has 2 aliphatic carbocycles. The first-order chi connectivity index (χ1) is 11.7. The van der Waals surface area contributed by atoms with Gasteiger partial charge in [-0.1, -0.05) is 19.3 Å². The Bertz CT molecular complexity index is 523. The molecule has 1 aromatic carbocycles. The molecule has 1 aromatic rings. The number of nitrogens with one attached hydrogen (secondary N) is 1. The summed E-state index contributed by atoms with van der Waals surface area (Å²) in [5.74, 6) is 0.880. The Balaban J connectivity index is 1.60. The highest BCUT2D eigenvalue weighted by molar-refractivity contribution is 5.97. The molecule has 132 valence electrons. The van der Waals surface area contributed by atoms with Gasteiger partial charge in [-0.15, -0.1) is 0 Å². The van der Waals surface area contributed by atoms with E-state index in [2.05, 4.69) is 5.32 Å². The number of anilines is 1. The third-order valence-corrected chi connectivity index (χ3v) is 5.21. The second kappa shape index (κ2) is 8.02. The number of hydrogen-bond acceptors (Lipinski definition) is 3. The lowest BCUT2D eigenvalue weighted by molar-refractivity contribution is -0.145. The van der Waals surface area contributed by atoms with E-state index in [1.54, 1.807) is 0 Å². The minimum atomic E-state index is -0.647. The Kier molecular flexibility index (Phi) is 5.77. The molecular formula is C20H29NO3. The number of carbonyl (C=O) groups is 1. The van der Waals surface area contributed by atoms with E-state index in [4.69, 9.17) is 9.47 Å². The van der Waals surface area contributed by atoms with Crippen molar-refractivity contribution in [2.45, 2.75) is 76.4 Å². The fourth-order valence-electron chi connectivity index (χ4n) is 3.90. The molecule has 0 bridgehead atoms. The van der Waals surface area contributed by atoms with E-state index in [-0.39, 0.29) is 5.91 Å². The highest BCUT2D eigenvalue weighted by Gasteiger charge is 2.40. The molecule has 1 amide bonds. The molecule has 0 radical (unpaired) electrons. The zero-order valence-corrected chi connectivity index (χ0v) is 14.7. The molecule has 4 heteroatoms. The number of benzene rings is 1. The van der Waals surface area contributed by atoms with Gasteiger partial charge in [0, 0.05) is 12.3 Å². The summed E-state index contributed by atoms with van der Waals surface area (Å²) >= 11 is 0. The average Bonchev–Trinajstić information content (AvgIpc) is 3.11. The molecule has 0 saturated heterocycles. The first kappa shape index (κ1) is 17.3. The Hall–Kier alpha value is -1.55. The van der Waals surface area contributed by atoms with Crippen LogP contribution in [0, 0.1) is 0 Å². The van der Waals surface area contributed by atoms with E-state index in [0.29, 0.717) is 12.7 Å². The molecule has 24 heavy (non-hydrogen) atoms. The van der Waals surface area contributed by atoms with Gasteiger partial charge in [0.05, 0.1) is 6.10 Å². The molecule has 0 spiro atoms. The minimum absolute atomic E-state index is 0.00601. The van der Waals surface area contributed by atoms with Gasteiger partial charge in [-0.05, 0) is 69.7 Å². The van der Waals surface area contributed by atoms with Crippen molar-refractivity contribution in [1.82, 2.24) is 0 Å². The molecule has 0 unspecified atom stereocenters. The second-order valence-electron chi connectivity index (χ2n) is 6.99. The lowest BCUT2D eigenvalue weighted by Gasteiger charge is -2.35. The Morgan fingerprint density at radius 3 is 2.38 bits per heavy atom. The topological polar surface area (TPSA) is 47.6 Å². The van der Waals surface area contributed by atoms with E-state index in [1.165, 1.54) is 19.3 Å². The summed E-state index contributed by atoms with van der Waals surface area (Å²) < 4.78 is 11.9. The standard InChI is InChI=1S/C20H29NO3/c1-2-23-20(14-6-3-7-15-20)19(22)21-16-10-12-18(13-11-16)24-17-8-4-5-9-17/h10-13,17H,2-9,14-15H2,1H3,(H,21,22). The lowest BCUT2D eigenvalue weighted by atomic mass is 9.83. The predicted octanol–water partition coefficient (Wildman–Crippen LogP) is 4.69. The van der Waals surface area contributed by atoms with Gasteiger partial charge in [-0.25, -0.2) is 0 Å². The first-order valence-electron chi connectivity index (χ1n) is 9.44. The van der Waals surface area contributed by atoms with E-state index >= 15 is 0 Å². The number of ether oxygens (including phenoxy) is 2. The van der Waals surface area contributed by atoms with Crippen molar-refractivity contribution in [3.8, 4) is 5.75 Å². The highest BCUT2D eigenvalue weighted by atomic mass is 16.5. The molecule has 2 saturated carbocycles. The third kappa shape index (κ3) is 4.10. The van der Waals surface area contributed by atoms with Crippen LogP contribution in [0.15, 0.2) is 24.3 Å². The molecule has 2 aliphatic rings. The second-order valence-corrected chi connectivity index (χ2v) is 6.99. The molecule has 0 aliphatic heterocycles. The van der Waals surface area contributed by atoms with Crippen LogP contribution in [0.5, 0.6) is 5.75 Å². The molecule has 0 heterocycles. The van der Waals surface area contributed by atoms with Gasteiger partial charge in [0.15, 0.2) is 0 Å². The van der Waals surface area contributed by atoms with Crippen molar-refractivity contribution in [3.05, 3.63) is 24.3 Å².